The summed E-state index contributed by atoms with van der Waals surface area (Å²) in [6.07, 6.45) is 1.62. The molecule has 0 saturated carbocycles. The Hall–Kier alpha value is -2.99. The van der Waals surface area contributed by atoms with Crippen molar-refractivity contribution in [2.75, 3.05) is 11.9 Å². The fourth-order valence-electron chi connectivity index (χ4n) is 3.07. The molecule has 6 heteroatoms. The lowest BCUT2D eigenvalue weighted by Crippen LogP contribution is -2.22. The van der Waals surface area contributed by atoms with E-state index in [9.17, 15) is 9.59 Å². The summed E-state index contributed by atoms with van der Waals surface area (Å²) < 4.78 is 5.26. The van der Waals surface area contributed by atoms with Crippen molar-refractivity contribution in [3.63, 3.8) is 0 Å². The second-order valence-electron chi connectivity index (χ2n) is 6.58. The van der Waals surface area contributed by atoms with E-state index in [1.54, 1.807) is 6.92 Å². The quantitative estimate of drug-likeness (QED) is 0.556. The van der Waals surface area contributed by atoms with Gasteiger partial charge in [0.25, 0.3) is 5.91 Å². The van der Waals surface area contributed by atoms with Crippen molar-refractivity contribution in [3.05, 3.63) is 70.2 Å². The average molecular weight is 409 g/mol. The van der Waals surface area contributed by atoms with E-state index >= 15 is 0 Å². The number of carbonyl (C=O) groups is 2. The molecule has 0 aliphatic carbocycles. The first kappa shape index (κ1) is 20.7. The van der Waals surface area contributed by atoms with Gasteiger partial charge in [-0.2, -0.15) is 0 Å². The molecule has 2 aromatic carbocycles. The largest absolute Gasteiger partial charge is 0.451 e. The van der Waals surface area contributed by atoms with Gasteiger partial charge in [-0.25, -0.2) is 9.78 Å². The number of anilines is 1. The van der Waals surface area contributed by atoms with Crippen molar-refractivity contribution in [3.8, 4) is 10.6 Å². The normalized spacial score (nSPS) is 10.6. The van der Waals surface area contributed by atoms with Crippen LogP contribution in [0.15, 0.2) is 48.5 Å². The van der Waals surface area contributed by atoms with Gasteiger partial charge < -0.3 is 10.1 Å². The zero-order valence-electron chi connectivity index (χ0n) is 16.8. The SMILES string of the molecule is CCc1cccc(CC)c1NC(=O)COC(=O)c1sc(-c2ccccc2)nc1C. The lowest BCUT2D eigenvalue weighted by atomic mass is 10.0. The molecule has 0 bridgehead atoms. The highest BCUT2D eigenvalue weighted by molar-refractivity contribution is 7.17. The maximum Gasteiger partial charge on any atom is 0.350 e. The van der Waals surface area contributed by atoms with Gasteiger partial charge >= 0.3 is 5.97 Å². The van der Waals surface area contributed by atoms with Crippen molar-refractivity contribution in [2.24, 2.45) is 0 Å². The van der Waals surface area contributed by atoms with Crippen LogP contribution >= 0.6 is 11.3 Å². The highest BCUT2D eigenvalue weighted by atomic mass is 32.1. The molecule has 0 spiro atoms. The molecule has 29 heavy (non-hydrogen) atoms. The van der Waals surface area contributed by atoms with Crippen molar-refractivity contribution >= 4 is 28.9 Å². The second kappa shape index (κ2) is 9.47. The fourth-order valence-corrected chi connectivity index (χ4v) is 4.03. The molecule has 0 aliphatic rings. The summed E-state index contributed by atoms with van der Waals surface area (Å²) in [5, 5.41) is 3.66. The van der Waals surface area contributed by atoms with Gasteiger partial charge in [0.2, 0.25) is 0 Å². The van der Waals surface area contributed by atoms with Crippen LogP contribution in [0.25, 0.3) is 10.6 Å². The van der Waals surface area contributed by atoms with Crippen molar-refractivity contribution in [1.82, 2.24) is 4.98 Å². The Balaban J connectivity index is 1.66. The summed E-state index contributed by atoms with van der Waals surface area (Å²) in [4.78, 5) is 29.8. The Kier molecular flexibility index (Phi) is 6.77. The van der Waals surface area contributed by atoms with E-state index in [-0.39, 0.29) is 12.5 Å². The number of thiazole rings is 1. The predicted octanol–water partition coefficient (Wildman–Crippen LogP) is 5.04. The van der Waals surface area contributed by atoms with E-state index in [0.717, 1.165) is 40.2 Å². The second-order valence-corrected chi connectivity index (χ2v) is 7.58. The zero-order chi connectivity index (χ0) is 20.8. The minimum Gasteiger partial charge on any atom is -0.451 e. The van der Waals surface area contributed by atoms with Crippen molar-refractivity contribution in [2.45, 2.75) is 33.6 Å². The number of nitrogens with zero attached hydrogens (tertiary/aromatic N) is 1. The number of carbonyl (C=O) groups excluding carboxylic acids is 2. The molecule has 1 N–H and O–H groups in total. The number of rotatable bonds is 7. The van der Waals surface area contributed by atoms with Crippen LogP contribution in [0.5, 0.6) is 0 Å². The van der Waals surface area contributed by atoms with Crippen LogP contribution < -0.4 is 5.32 Å². The standard InChI is InChI=1S/C23H24N2O3S/c1-4-16-12-9-13-17(5-2)20(16)25-19(26)14-28-23(27)21-15(3)24-22(29-21)18-10-7-6-8-11-18/h6-13H,4-5,14H2,1-3H3,(H,25,26). The monoisotopic (exact) mass is 408 g/mol. The molecule has 1 heterocycles. The van der Waals surface area contributed by atoms with Crippen LogP contribution in [0.3, 0.4) is 0 Å². The first-order valence-corrected chi connectivity index (χ1v) is 10.5. The molecule has 1 amide bonds. The third-order valence-electron chi connectivity index (χ3n) is 4.60. The molecule has 1 aromatic heterocycles. The lowest BCUT2D eigenvalue weighted by molar-refractivity contribution is -0.119. The van der Waals surface area contributed by atoms with Gasteiger partial charge in [-0.3, -0.25) is 4.79 Å². The number of ether oxygens (including phenoxy) is 1. The molecular weight excluding hydrogens is 384 g/mol. The van der Waals surface area contributed by atoms with Gasteiger partial charge in [0.15, 0.2) is 6.61 Å². The van der Waals surface area contributed by atoms with Crippen LogP contribution in [-0.2, 0) is 22.4 Å². The highest BCUT2D eigenvalue weighted by Gasteiger charge is 2.19. The molecule has 0 saturated heterocycles. The van der Waals surface area contributed by atoms with Crippen molar-refractivity contribution < 1.29 is 14.3 Å². The number of aromatic nitrogens is 1. The first-order valence-electron chi connectivity index (χ1n) is 9.64. The number of para-hydroxylation sites is 1. The summed E-state index contributed by atoms with van der Waals surface area (Å²) in [5.74, 6) is -0.878. The first-order chi connectivity index (χ1) is 14.0. The molecule has 0 aliphatic heterocycles. The lowest BCUT2D eigenvalue weighted by Gasteiger charge is -2.14. The molecular formula is C23H24N2O3S. The third kappa shape index (κ3) is 4.90. The molecule has 0 unspecified atom stereocenters. The zero-order valence-corrected chi connectivity index (χ0v) is 17.6. The number of hydrogen-bond acceptors (Lipinski definition) is 5. The number of aryl methyl sites for hydroxylation is 3. The minimum atomic E-state index is -0.531. The molecule has 0 atom stereocenters. The molecule has 0 radical (unpaired) electrons. The van der Waals surface area contributed by atoms with Crippen LogP contribution in [0.1, 0.15) is 40.3 Å². The Morgan fingerprint density at radius 3 is 2.28 bits per heavy atom. The van der Waals surface area contributed by atoms with E-state index in [1.807, 2.05) is 62.4 Å². The van der Waals surface area contributed by atoms with Gasteiger partial charge in [0.1, 0.15) is 9.88 Å². The van der Waals surface area contributed by atoms with Crippen LogP contribution in [0.2, 0.25) is 0 Å². The van der Waals surface area contributed by atoms with Gasteiger partial charge in [0.05, 0.1) is 5.69 Å². The number of hydrogen-bond donors (Lipinski definition) is 1. The summed E-state index contributed by atoms with van der Waals surface area (Å²) in [6.45, 7) is 5.52. The van der Waals surface area contributed by atoms with E-state index in [0.29, 0.717) is 10.6 Å². The maximum absolute atomic E-state index is 12.5. The van der Waals surface area contributed by atoms with Gasteiger partial charge in [-0.1, -0.05) is 62.4 Å². The molecule has 0 fully saturated rings. The third-order valence-corrected chi connectivity index (χ3v) is 5.79. The highest BCUT2D eigenvalue weighted by Crippen LogP contribution is 2.28. The van der Waals surface area contributed by atoms with Gasteiger partial charge in [0, 0.05) is 11.3 Å². The average Bonchev–Trinajstić information content (AvgIpc) is 3.14. The van der Waals surface area contributed by atoms with Crippen LogP contribution in [-0.4, -0.2) is 23.5 Å². The topological polar surface area (TPSA) is 68.3 Å². The Morgan fingerprint density at radius 2 is 1.66 bits per heavy atom. The number of nitrogens with one attached hydrogen (secondary N) is 1. The van der Waals surface area contributed by atoms with E-state index < -0.39 is 5.97 Å². The number of amides is 1. The Morgan fingerprint density at radius 1 is 1.00 bits per heavy atom. The Labute approximate surface area is 174 Å². The molecule has 5 nitrogen and oxygen atoms in total. The molecule has 3 rings (SSSR count). The van der Waals surface area contributed by atoms with Crippen molar-refractivity contribution in [1.29, 1.82) is 0 Å². The molecule has 3 aromatic rings. The summed E-state index contributed by atoms with van der Waals surface area (Å²) >= 11 is 1.27. The van der Waals surface area contributed by atoms with Gasteiger partial charge in [-0.05, 0) is 30.9 Å². The fraction of sp³-hybridized carbons (Fsp3) is 0.261. The van der Waals surface area contributed by atoms with Crippen LogP contribution in [0, 0.1) is 6.92 Å². The Bertz CT molecular complexity index is 990. The summed E-state index contributed by atoms with van der Waals surface area (Å²) in [5.41, 5.74) is 4.49. The minimum absolute atomic E-state index is 0.335. The van der Waals surface area contributed by atoms with Crippen LogP contribution in [0.4, 0.5) is 5.69 Å². The maximum atomic E-state index is 12.5. The smallest absolute Gasteiger partial charge is 0.350 e. The van der Waals surface area contributed by atoms with E-state index in [4.69, 9.17) is 4.74 Å². The number of esters is 1. The van der Waals surface area contributed by atoms with E-state index in [2.05, 4.69) is 10.3 Å². The number of benzene rings is 2. The van der Waals surface area contributed by atoms with E-state index in [1.165, 1.54) is 11.3 Å². The van der Waals surface area contributed by atoms with Gasteiger partial charge in [-0.15, -0.1) is 11.3 Å². The predicted molar refractivity (Wildman–Crippen MR) is 116 cm³/mol. The molecule has 150 valence electrons. The summed E-state index contributed by atoms with van der Waals surface area (Å²) in [6, 6.07) is 15.6. The summed E-state index contributed by atoms with van der Waals surface area (Å²) in [7, 11) is 0.